The fourth-order valence-corrected chi connectivity index (χ4v) is 4.82. The van der Waals surface area contributed by atoms with Crippen LogP contribution in [0.15, 0.2) is 53.4 Å². The van der Waals surface area contributed by atoms with Crippen molar-refractivity contribution in [2.24, 2.45) is 0 Å². The second-order valence-electron chi connectivity index (χ2n) is 5.90. The van der Waals surface area contributed by atoms with Crippen LogP contribution in [-0.2, 0) is 10.0 Å². The predicted molar refractivity (Wildman–Crippen MR) is 99.2 cm³/mol. The number of hydrogen-bond acceptors (Lipinski definition) is 5. The third-order valence-electron chi connectivity index (χ3n) is 4.31. The van der Waals surface area contributed by atoms with Crippen LogP contribution >= 0.6 is 11.6 Å². The Balaban J connectivity index is 1.75. The summed E-state index contributed by atoms with van der Waals surface area (Å²) in [4.78, 5) is 24.6. The van der Waals surface area contributed by atoms with Crippen molar-refractivity contribution < 1.29 is 18.1 Å². The molecule has 0 aliphatic carbocycles. The molecule has 0 radical (unpaired) electrons. The summed E-state index contributed by atoms with van der Waals surface area (Å²) < 4.78 is 26.8. The van der Waals surface area contributed by atoms with Gasteiger partial charge < -0.3 is 4.90 Å². The summed E-state index contributed by atoms with van der Waals surface area (Å²) in [5.41, 5.74) is -0.279. The summed E-state index contributed by atoms with van der Waals surface area (Å²) in [7, 11) is -3.77. The Kier molecular flexibility index (Phi) is 5.45. The molecule has 0 N–H and O–H groups in total. The highest BCUT2D eigenvalue weighted by molar-refractivity contribution is 7.89. The van der Waals surface area contributed by atoms with Crippen LogP contribution in [0.1, 0.15) is 10.4 Å². The van der Waals surface area contributed by atoms with E-state index in [0.717, 1.165) is 0 Å². The van der Waals surface area contributed by atoms with Crippen molar-refractivity contribution in [2.75, 3.05) is 26.2 Å². The maximum absolute atomic E-state index is 12.7. The third kappa shape index (κ3) is 3.80. The number of nitro groups is 1. The Labute approximate surface area is 161 Å². The minimum absolute atomic E-state index is 0.00934. The number of carbonyl (C=O) groups excluding carboxylic acids is 1. The van der Waals surface area contributed by atoms with Crippen LogP contribution in [-0.4, -0.2) is 54.6 Å². The van der Waals surface area contributed by atoms with Crippen molar-refractivity contribution >= 4 is 33.2 Å². The molecule has 10 heteroatoms. The maximum Gasteiger partial charge on any atom is 0.282 e. The number of nitrogens with zero attached hydrogens (tertiary/aromatic N) is 3. The number of sulfonamides is 1. The Morgan fingerprint density at radius 1 is 1.00 bits per heavy atom. The van der Waals surface area contributed by atoms with E-state index in [1.807, 2.05) is 0 Å². The molecule has 27 heavy (non-hydrogen) atoms. The molecular weight excluding hydrogens is 394 g/mol. The molecule has 0 unspecified atom stereocenters. The van der Waals surface area contributed by atoms with Crippen molar-refractivity contribution in [1.82, 2.24) is 9.21 Å². The normalized spacial score (nSPS) is 15.5. The number of amides is 1. The summed E-state index contributed by atoms with van der Waals surface area (Å²) in [5.74, 6) is -0.489. The van der Waals surface area contributed by atoms with Gasteiger partial charge in [-0.25, -0.2) is 8.42 Å². The number of rotatable bonds is 4. The van der Waals surface area contributed by atoms with Gasteiger partial charge in [-0.3, -0.25) is 14.9 Å². The van der Waals surface area contributed by atoms with Gasteiger partial charge in [-0.2, -0.15) is 4.31 Å². The van der Waals surface area contributed by atoms with E-state index in [-0.39, 0.29) is 47.3 Å². The first kappa shape index (κ1) is 19.3. The molecule has 2 aromatic rings. The van der Waals surface area contributed by atoms with Crippen molar-refractivity contribution in [1.29, 1.82) is 0 Å². The molecule has 0 aromatic heterocycles. The van der Waals surface area contributed by atoms with E-state index in [4.69, 9.17) is 11.6 Å². The molecular formula is C17H16ClN3O5S. The van der Waals surface area contributed by atoms with E-state index in [0.29, 0.717) is 0 Å². The fraction of sp³-hybridized carbons (Fsp3) is 0.235. The molecule has 0 saturated carbocycles. The first-order valence-corrected chi connectivity index (χ1v) is 9.91. The van der Waals surface area contributed by atoms with E-state index in [9.17, 15) is 23.3 Å². The van der Waals surface area contributed by atoms with Crippen LogP contribution in [0, 0.1) is 10.1 Å². The van der Waals surface area contributed by atoms with Gasteiger partial charge in [0.15, 0.2) is 0 Å². The lowest BCUT2D eigenvalue weighted by Crippen LogP contribution is -2.50. The Hall–Kier alpha value is -2.49. The standard InChI is InChI=1S/C17H16ClN3O5S/c18-14-6-2-4-8-16(14)27(25,26)20-11-9-19(10-12-20)17(22)13-5-1-3-7-15(13)21(23)24/h1-8H,9-12H2. The molecule has 0 bridgehead atoms. The summed E-state index contributed by atoms with van der Waals surface area (Å²) in [6.07, 6.45) is 0. The predicted octanol–water partition coefficient (Wildman–Crippen LogP) is 2.39. The molecule has 1 amide bonds. The fourth-order valence-electron chi connectivity index (χ4n) is 2.91. The molecule has 0 atom stereocenters. The van der Waals surface area contributed by atoms with Gasteiger partial charge in [0.05, 0.1) is 9.95 Å². The number of piperazine rings is 1. The maximum atomic E-state index is 12.7. The number of benzene rings is 2. The smallest absolute Gasteiger partial charge is 0.282 e. The molecule has 1 heterocycles. The third-order valence-corrected chi connectivity index (χ3v) is 6.71. The topological polar surface area (TPSA) is 101 Å². The van der Waals surface area contributed by atoms with Crippen LogP contribution in [0.4, 0.5) is 5.69 Å². The zero-order valence-electron chi connectivity index (χ0n) is 14.1. The van der Waals surface area contributed by atoms with E-state index < -0.39 is 20.9 Å². The van der Waals surface area contributed by atoms with Crippen molar-refractivity contribution in [3.05, 3.63) is 69.2 Å². The first-order valence-electron chi connectivity index (χ1n) is 8.10. The first-order chi connectivity index (χ1) is 12.8. The van der Waals surface area contributed by atoms with Gasteiger partial charge >= 0.3 is 0 Å². The van der Waals surface area contributed by atoms with Crippen molar-refractivity contribution in [3.8, 4) is 0 Å². The quantitative estimate of drug-likeness (QED) is 0.570. The monoisotopic (exact) mass is 409 g/mol. The lowest BCUT2D eigenvalue weighted by atomic mass is 10.1. The van der Waals surface area contributed by atoms with E-state index in [2.05, 4.69) is 0 Å². The summed E-state index contributed by atoms with van der Waals surface area (Å²) in [5, 5.41) is 11.3. The lowest BCUT2D eigenvalue weighted by Gasteiger charge is -2.34. The molecule has 142 valence electrons. The second-order valence-corrected chi connectivity index (χ2v) is 8.21. The van der Waals surface area contributed by atoms with Gasteiger partial charge in [0.25, 0.3) is 11.6 Å². The largest absolute Gasteiger partial charge is 0.336 e. The van der Waals surface area contributed by atoms with E-state index >= 15 is 0 Å². The highest BCUT2D eigenvalue weighted by atomic mass is 35.5. The molecule has 0 spiro atoms. The average molecular weight is 410 g/mol. The summed E-state index contributed by atoms with van der Waals surface area (Å²) in [6.45, 7) is 0.434. The number of halogens is 1. The summed E-state index contributed by atoms with van der Waals surface area (Å²) in [6, 6.07) is 11.9. The number of nitro benzene ring substituents is 1. The van der Waals surface area contributed by atoms with Crippen LogP contribution in [0.3, 0.4) is 0 Å². The van der Waals surface area contributed by atoms with Gasteiger partial charge in [0.2, 0.25) is 10.0 Å². The van der Waals surface area contributed by atoms with Crippen LogP contribution < -0.4 is 0 Å². The van der Waals surface area contributed by atoms with Gasteiger partial charge in [0.1, 0.15) is 10.5 Å². The molecule has 8 nitrogen and oxygen atoms in total. The highest BCUT2D eigenvalue weighted by Crippen LogP contribution is 2.26. The van der Waals surface area contributed by atoms with E-state index in [1.54, 1.807) is 18.2 Å². The molecule has 1 saturated heterocycles. The SMILES string of the molecule is O=C(c1ccccc1[N+](=O)[O-])N1CCN(S(=O)(=O)c2ccccc2Cl)CC1. The lowest BCUT2D eigenvalue weighted by molar-refractivity contribution is -0.385. The molecule has 3 rings (SSSR count). The minimum atomic E-state index is -3.77. The number of para-hydroxylation sites is 1. The molecule has 1 fully saturated rings. The van der Waals surface area contributed by atoms with Gasteiger partial charge in [-0.15, -0.1) is 0 Å². The zero-order chi connectivity index (χ0) is 19.6. The van der Waals surface area contributed by atoms with Crippen LogP contribution in [0.5, 0.6) is 0 Å². The van der Waals surface area contributed by atoms with Crippen molar-refractivity contribution in [3.63, 3.8) is 0 Å². The van der Waals surface area contributed by atoms with Crippen LogP contribution in [0.2, 0.25) is 5.02 Å². The number of hydrogen-bond donors (Lipinski definition) is 0. The van der Waals surface area contributed by atoms with Crippen molar-refractivity contribution in [2.45, 2.75) is 4.90 Å². The highest BCUT2D eigenvalue weighted by Gasteiger charge is 2.33. The average Bonchev–Trinajstić information content (AvgIpc) is 2.67. The molecule has 1 aliphatic rings. The minimum Gasteiger partial charge on any atom is -0.336 e. The van der Waals surface area contributed by atoms with Gasteiger partial charge in [-0.1, -0.05) is 35.9 Å². The Bertz CT molecular complexity index is 988. The Morgan fingerprint density at radius 3 is 2.22 bits per heavy atom. The Morgan fingerprint density at radius 2 is 1.59 bits per heavy atom. The van der Waals surface area contributed by atoms with E-state index in [1.165, 1.54) is 39.5 Å². The second kappa shape index (κ2) is 7.63. The van der Waals surface area contributed by atoms with Gasteiger partial charge in [-0.05, 0) is 18.2 Å². The zero-order valence-corrected chi connectivity index (χ0v) is 15.7. The molecule has 1 aliphatic heterocycles. The van der Waals surface area contributed by atoms with Gasteiger partial charge in [0, 0.05) is 32.2 Å². The summed E-state index contributed by atoms with van der Waals surface area (Å²) >= 11 is 6.00. The molecule has 2 aromatic carbocycles. The number of carbonyl (C=O) groups is 1. The van der Waals surface area contributed by atoms with Crippen LogP contribution in [0.25, 0.3) is 0 Å².